The van der Waals surface area contributed by atoms with E-state index in [2.05, 4.69) is 4.90 Å². The number of hydrogen-bond donors (Lipinski definition) is 0. The van der Waals surface area contributed by atoms with Crippen LogP contribution in [0.5, 0.6) is 0 Å². The first-order chi connectivity index (χ1) is 8.61. The van der Waals surface area contributed by atoms with Crippen LogP contribution >= 0.6 is 0 Å². The average molecular weight is 246 g/mol. The van der Waals surface area contributed by atoms with Crippen molar-refractivity contribution in [2.24, 2.45) is 0 Å². The molecule has 0 unspecified atom stereocenters. The molecule has 0 atom stereocenters. The Labute approximate surface area is 107 Å². The molecule has 0 aliphatic carbocycles. The van der Waals surface area contributed by atoms with Crippen LogP contribution in [-0.2, 0) is 4.79 Å². The average Bonchev–Trinajstić information content (AvgIpc) is 2.38. The fraction of sp³-hybridized carbons (Fsp3) is 0.429. The largest absolute Gasteiger partial charge is 0.367 e. The van der Waals surface area contributed by atoms with Gasteiger partial charge >= 0.3 is 0 Å². The molecule has 96 valence electrons. The van der Waals surface area contributed by atoms with E-state index in [1.54, 1.807) is 6.92 Å². The lowest BCUT2D eigenvalue weighted by Gasteiger charge is -2.36. The predicted octanol–water partition coefficient (Wildman–Crippen LogP) is 1.48. The van der Waals surface area contributed by atoms with Gasteiger partial charge in [0.25, 0.3) is 0 Å². The lowest BCUT2D eigenvalue weighted by Crippen LogP contribution is -2.48. The Kier molecular flexibility index (Phi) is 3.65. The van der Waals surface area contributed by atoms with Crippen molar-refractivity contribution in [1.29, 1.82) is 0 Å². The fourth-order valence-corrected chi connectivity index (χ4v) is 2.32. The van der Waals surface area contributed by atoms with E-state index in [4.69, 9.17) is 0 Å². The van der Waals surface area contributed by atoms with Gasteiger partial charge in [0.15, 0.2) is 6.29 Å². The summed E-state index contributed by atoms with van der Waals surface area (Å²) in [6, 6.07) is 5.90. The Hall–Kier alpha value is -1.84. The summed E-state index contributed by atoms with van der Waals surface area (Å²) in [4.78, 5) is 26.4. The SMILES string of the molecule is CC(=O)N1CCN(c2ccc(C)cc2C=O)CC1. The summed E-state index contributed by atoms with van der Waals surface area (Å²) >= 11 is 0. The molecule has 0 saturated carbocycles. The minimum absolute atomic E-state index is 0.120. The molecule has 1 aliphatic rings. The molecule has 0 bridgehead atoms. The van der Waals surface area contributed by atoms with Crippen LogP contribution in [0.3, 0.4) is 0 Å². The van der Waals surface area contributed by atoms with Crippen LogP contribution in [0.2, 0.25) is 0 Å². The smallest absolute Gasteiger partial charge is 0.219 e. The van der Waals surface area contributed by atoms with Crippen molar-refractivity contribution < 1.29 is 9.59 Å². The van der Waals surface area contributed by atoms with Crippen LogP contribution in [0.15, 0.2) is 18.2 Å². The Morgan fingerprint density at radius 3 is 2.44 bits per heavy atom. The number of amides is 1. The summed E-state index contributed by atoms with van der Waals surface area (Å²) < 4.78 is 0. The van der Waals surface area contributed by atoms with E-state index in [1.165, 1.54) is 0 Å². The van der Waals surface area contributed by atoms with Crippen molar-refractivity contribution in [2.45, 2.75) is 13.8 Å². The standard InChI is InChI=1S/C14H18N2O2/c1-11-3-4-14(13(9-11)10-17)16-7-5-15(6-8-16)12(2)18/h3-4,9-10H,5-8H2,1-2H3. The number of aldehydes is 1. The quantitative estimate of drug-likeness (QED) is 0.742. The highest BCUT2D eigenvalue weighted by atomic mass is 16.2. The molecular formula is C14H18N2O2. The maximum absolute atomic E-state index is 11.3. The first-order valence-corrected chi connectivity index (χ1v) is 6.18. The Morgan fingerprint density at radius 1 is 1.22 bits per heavy atom. The van der Waals surface area contributed by atoms with Crippen LogP contribution in [0.4, 0.5) is 5.69 Å². The molecule has 2 rings (SSSR count). The van der Waals surface area contributed by atoms with Gasteiger partial charge in [-0.15, -0.1) is 0 Å². The number of carbonyl (C=O) groups is 2. The summed E-state index contributed by atoms with van der Waals surface area (Å²) in [6.45, 7) is 6.58. The number of hydrogen-bond acceptors (Lipinski definition) is 3. The zero-order chi connectivity index (χ0) is 13.1. The van der Waals surface area contributed by atoms with Gasteiger partial charge in [-0.1, -0.05) is 11.6 Å². The van der Waals surface area contributed by atoms with E-state index in [0.29, 0.717) is 0 Å². The van der Waals surface area contributed by atoms with Gasteiger partial charge in [-0.3, -0.25) is 9.59 Å². The predicted molar refractivity (Wildman–Crippen MR) is 71.0 cm³/mol. The van der Waals surface area contributed by atoms with Gasteiger partial charge in [-0.2, -0.15) is 0 Å². The van der Waals surface area contributed by atoms with E-state index in [9.17, 15) is 9.59 Å². The highest BCUT2D eigenvalue weighted by Gasteiger charge is 2.20. The van der Waals surface area contributed by atoms with E-state index < -0.39 is 0 Å². The second-order valence-electron chi connectivity index (χ2n) is 4.67. The number of nitrogens with zero attached hydrogens (tertiary/aromatic N) is 2. The van der Waals surface area contributed by atoms with Crippen LogP contribution < -0.4 is 4.90 Å². The molecule has 1 amide bonds. The number of anilines is 1. The van der Waals surface area contributed by atoms with Crippen LogP contribution in [0.25, 0.3) is 0 Å². The number of benzene rings is 1. The highest BCUT2D eigenvalue weighted by molar-refractivity contribution is 5.85. The Bertz CT molecular complexity index is 463. The van der Waals surface area contributed by atoms with Crippen molar-refractivity contribution >= 4 is 17.9 Å². The number of piperazine rings is 1. The van der Waals surface area contributed by atoms with Crippen LogP contribution in [0.1, 0.15) is 22.8 Å². The van der Waals surface area contributed by atoms with Gasteiger partial charge in [0.1, 0.15) is 0 Å². The molecular weight excluding hydrogens is 228 g/mol. The summed E-state index contributed by atoms with van der Waals surface area (Å²) in [5, 5.41) is 0. The molecule has 1 fully saturated rings. The molecule has 0 N–H and O–H groups in total. The van der Waals surface area contributed by atoms with Gasteiger partial charge in [0.05, 0.1) is 0 Å². The molecule has 0 radical (unpaired) electrons. The van der Waals surface area contributed by atoms with E-state index >= 15 is 0 Å². The van der Waals surface area contributed by atoms with E-state index in [-0.39, 0.29) is 5.91 Å². The van der Waals surface area contributed by atoms with Gasteiger partial charge in [-0.05, 0) is 19.1 Å². The minimum Gasteiger partial charge on any atom is -0.367 e. The van der Waals surface area contributed by atoms with Gasteiger partial charge in [0.2, 0.25) is 5.91 Å². The molecule has 4 nitrogen and oxygen atoms in total. The Morgan fingerprint density at radius 2 is 1.89 bits per heavy atom. The zero-order valence-electron chi connectivity index (χ0n) is 10.8. The molecule has 18 heavy (non-hydrogen) atoms. The third kappa shape index (κ3) is 2.53. The summed E-state index contributed by atoms with van der Waals surface area (Å²) in [7, 11) is 0. The first kappa shape index (κ1) is 12.6. The lowest BCUT2D eigenvalue weighted by atomic mass is 10.1. The molecule has 1 aliphatic heterocycles. The second-order valence-corrected chi connectivity index (χ2v) is 4.67. The van der Waals surface area contributed by atoms with Gasteiger partial charge < -0.3 is 9.80 Å². The molecule has 1 saturated heterocycles. The van der Waals surface area contributed by atoms with Crippen molar-refractivity contribution in [1.82, 2.24) is 4.90 Å². The maximum atomic E-state index is 11.3. The van der Waals surface area contributed by atoms with Gasteiger partial charge in [0, 0.05) is 44.4 Å². The number of rotatable bonds is 2. The molecule has 1 aromatic rings. The number of carbonyl (C=O) groups excluding carboxylic acids is 2. The zero-order valence-corrected chi connectivity index (χ0v) is 10.8. The molecule has 0 spiro atoms. The Balaban J connectivity index is 2.14. The maximum Gasteiger partial charge on any atom is 0.219 e. The summed E-state index contributed by atoms with van der Waals surface area (Å²) in [6.07, 6.45) is 0.902. The number of aryl methyl sites for hydroxylation is 1. The topological polar surface area (TPSA) is 40.6 Å². The van der Waals surface area contributed by atoms with Crippen LogP contribution in [0, 0.1) is 6.92 Å². The monoisotopic (exact) mass is 246 g/mol. The van der Waals surface area contributed by atoms with E-state index in [1.807, 2.05) is 30.0 Å². The molecule has 1 aromatic carbocycles. The van der Waals surface area contributed by atoms with Crippen molar-refractivity contribution in [3.8, 4) is 0 Å². The lowest BCUT2D eigenvalue weighted by molar-refractivity contribution is -0.129. The molecule has 0 aromatic heterocycles. The fourth-order valence-electron chi connectivity index (χ4n) is 2.32. The minimum atomic E-state index is 0.120. The third-order valence-corrected chi connectivity index (χ3v) is 3.38. The highest BCUT2D eigenvalue weighted by Crippen LogP contribution is 2.21. The van der Waals surface area contributed by atoms with Gasteiger partial charge in [-0.25, -0.2) is 0 Å². The summed E-state index contributed by atoms with van der Waals surface area (Å²) in [5.74, 6) is 0.120. The van der Waals surface area contributed by atoms with Crippen LogP contribution in [-0.4, -0.2) is 43.3 Å². The normalized spacial score (nSPS) is 15.7. The summed E-state index contributed by atoms with van der Waals surface area (Å²) in [5.41, 5.74) is 2.79. The third-order valence-electron chi connectivity index (χ3n) is 3.38. The van der Waals surface area contributed by atoms with Crippen molar-refractivity contribution in [3.05, 3.63) is 29.3 Å². The first-order valence-electron chi connectivity index (χ1n) is 6.18. The van der Waals surface area contributed by atoms with Crippen molar-refractivity contribution in [2.75, 3.05) is 31.1 Å². The molecule has 1 heterocycles. The van der Waals surface area contributed by atoms with E-state index in [0.717, 1.165) is 49.3 Å². The molecule has 4 heteroatoms. The van der Waals surface area contributed by atoms with Crippen molar-refractivity contribution in [3.63, 3.8) is 0 Å². The second kappa shape index (κ2) is 5.21.